The SMILES string of the molecule is CCc1ccc(CCC(=O)N(CCc2ccccc2)[C@H](C)C(=O)NC)cc1. The summed E-state index contributed by atoms with van der Waals surface area (Å²) >= 11 is 0. The number of carbonyl (C=O) groups is 2. The van der Waals surface area contributed by atoms with Crippen molar-refractivity contribution >= 4 is 11.8 Å². The molecule has 0 saturated heterocycles. The fourth-order valence-corrected chi connectivity index (χ4v) is 3.12. The molecule has 0 spiro atoms. The van der Waals surface area contributed by atoms with Gasteiger partial charge in [0.25, 0.3) is 0 Å². The summed E-state index contributed by atoms with van der Waals surface area (Å²) in [5.74, 6) is -0.120. The Hall–Kier alpha value is -2.62. The average molecular weight is 367 g/mol. The molecular weight excluding hydrogens is 336 g/mol. The summed E-state index contributed by atoms with van der Waals surface area (Å²) < 4.78 is 0. The van der Waals surface area contributed by atoms with Crippen molar-refractivity contribution in [3.05, 3.63) is 71.3 Å². The number of amides is 2. The Labute approximate surface area is 162 Å². The molecule has 0 bridgehead atoms. The molecule has 144 valence electrons. The van der Waals surface area contributed by atoms with E-state index in [0.29, 0.717) is 19.4 Å². The van der Waals surface area contributed by atoms with Gasteiger partial charge in [-0.15, -0.1) is 0 Å². The lowest BCUT2D eigenvalue weighted by atomic mass is 10.0. The maximum Gasteiger partial charge on any atom is 0.242 e. The Morgan fingerprint density at radius 3 is 2.11 bits per heavy atom. The molecule has 2 rings (SSSR count). The van der Waals surface area contributed by atoms with E-state index in [1.54, 1.807) is 18.9 Å². The van der Waals surface area contributed by atoms with Crippen LogP contribution in [0.5, 0.6) is 0 Å². The van der Waals surface area contributed by atoms with Crippen LogP contribution in [-0.2, 0) is 28.9 Å². The number of aryl methyl sites for hydroxylation is 2. The third kappa shape index (κ3) is 6.24. The summed E-state index contributed by atoms with van der Waals surface area (Å²) in [5.41, 5.74) is 3.61. The van der Waals surface area contributed by atoms with Gasteiger partial charge in [0.15, 0.2) is 0 Å². The summed E-state index contributed by atoms with van der Waals surface area (Å²) in [6, 6.07) is 18.0. The van der Waals surface area contributed by atoms with Gasteiger partial charge < -0.3 is 10.2 Å². The smallest absolute Gasteiger partial charge is 0.242 e. The largest absolute Gasteiger partial charge is 0.357 e. The molecular formula is C23H30N2O2. The van der Waals surface area contributed by atoms with E-state index in [1.807, 2.05) is 30.3 Å². The second-order valence-electron chi connectivity index (χ2n) is 6.78. The van der Waals surface area contributed by atoms with Gasteiger partial charge in [-0.25, -0.2) is 0 Å². The van der Waals surface area contributed by atoms with Crippen molar-refractivity contribution in [3.63, 3.8) is 0 Å². The Morgan fingerprint density at radius 1 is 0.926 bits per heavy atom. The topological polar surface area (TPSA) is 49.4 Å². The number of rotatable bonds is 9. The van der Waals surface area contributed by atoms with Crippen LogP contribution < -0.4 is 5.32 Å². The van der Waals surface area contributed by atoms with Gasteiger partial charge in [0, 0.05) is 20.0 Å². The minimum atomic E-state index is -0.478. The Balaban J connectivity index is 2.01. The lowest BCUT2D eigenvalue weighted by Gasteiger charge is -2.28. The average Bonchev–Trinajstić information content (AvgIpc) is 2.72. The number of hydrogen-bond donors (Lipinski definition) is 1. The molecule has 0 aliphatic carbocycles. The van der Waals surface area contributed by atoms with E-state index >= 15 is 0 Å². The molecule has 0 radical (unpaired) electrons. The molecule has 0 unspecified atom stereocenters. The van der Waals surface area contributed by atoms with E-state index < -0.39 is 6.04 Å². The molecule has 4 nitrogen and oxygen atoms in total. The number of benzene rings is 2. The summed E-state index contributed by atoms with van der Waals surface area (Å²) in [5, 5.41) is 2.65. The van der Waals surface area contributed by atoms with Crippen LogP contribution >= 0.6 is 0 Å². The van der Waals surface area contributed by atoms with E-state index in [4.69, 9.17) is 0 Å². The molecule has 0 aromatic heterocycles. The van der Waals surface area contributed by atoms with Crippen LogP contribution in [0.25, 0.3) is 0 Å². The predicted molar refractivity (Wildman–Crippen MR) is 110 cm³/mol. The minimum Gasteiger partial charge on any atom is -0.357 e. The number of nitrogens with zero attached hydrogens (tertiary/aromatic N) is 1. The molecule has 4 heteroatoms. The van der Waals surface area contributed by atoms with Gasteiger partial charge in [0.05, 0.1) is 0 Å². The standard InChI is InChI=1S/C23H30N2O2/c1-4-19-10-12-21(13-11-19)14-15-22(26)25(18(2)23(27)24-3)17-16-20-8-6-5-7-9-20/h5-13,18H,4,14-17H2,1-3H3,(H,24,27)/t18-/m1/s1. The molecule has 0 saturated carbocycles. The third-order valence-electron chi connectivity index (χ3n) is 4.96. The van der Waals surface area contributed by atoms with Gasteiger partial charge >= 0.3 is 0 Å². The van der Waals surface area contributed by atoms with Crippen molar-refractivity contribution in [1.29, 1.82) is 0 Å². The molecule has 2 amide bonds. The Kier molecular flexibility index (Phi) is 8.05. The molecule has 2 aromatic carbocycles. The molecule has 1 atom stereocenters. The van der Waals surface area contributed by atoms with Crippen molar-refractivity contribution in [2.24, 2.45) is 0 Å². The van der Waals surface area contributed by atoms with Gasteiger partial charge in [0.1, 0.15) is 6.04 Å². The third-order valence-corrected chi connectivity index (χ3v) is 4.96. The van der Waals surface area contributed by atoms with Crippen LogP contribution in [0, 0.1) is 0 Å². The zero-order valence-corrected chi connectivity index (χ0v) is 16.6. The highest BCUT2D eigenvalue weighted by Gasteiger charge is 2.24. The zero-order valence-electron chi connectivity index (χ0n) is 16.6. The van der Waals surface area contributed by atoms with Gasteiger partial charge in [-0.05, 0) is 42.9 Å². The Morgan fingerprint density at radius 2 is 1.52 bits per heavy atom. The van der Waals surface area contributed by atoms with Crippen molar-refractivity contribution in [2.45, 2.75) is 45.6 Å². The first-order valence-corrected chi connectivity index (χ1v) is 9.68. The van der Waals surface area contributed by atoms with Crippen LogP contribution in [0.1, 0.15) is 37.0 Å². The van der Waals surface area contributed by atoms with E-state index in [9.17, 15) is 9.59 Å². The van der Waals surface area contributed by atoms with Gasteiger partial charge in [-0.1, -0.05) is 61.5 Å². The van der Waals surface area contributed by atoms with E-state index in [0.717, 1.165) is 24.0 Å². The highest BCUT2D eigenvalue weighted by Crippen LogP contribution is 2.11. The zero-order chi connectivity index (χ0) is 19.6. The molecule has 0 aliphatic rings. The molecule has 1 N–H and O–H groups in total. The molecule has 0 fully saturated rings. The van der Waals surface area contributed by atoms with Gasteiger partial charge in [-0.3, -0.25) is 9.59 Å². The summed E-state index contributed by atoms with van der Waals surface area (Å²) in [6.45, 7) is 4.45. The maximum absolute atomic E-state index is 12.9. The van der Waals surface area contributed by atoms with Crippen molar-refractivity contribution in [1.82, 2.24) is 10.2 Å². The van der Waals surface area contributed by atoms with Crippen LogP contribution in [0.2, 0.25) is 0 Å². The molecule has 0 aliphatic heterocycles. The fraction of sp³-hybridized carbons (Fsp3) is 0.391. The molecule has 0 heterocycles. The van der Waals surface area contributed by atoms with Crippen LogP contribution in [0.3, 0.4) is 0 Å². The predicted octanol–water partition coefficient (Wildman–Crippen LogP) is 3.39. The first-order valence-electron chi connectivity index (χ1n) is 9.68. The number of nitrogens with one attached hydrogen (secondary N) is 1. The number of carbonyl (C=O) groups excluding carboxylic acids is 2. The summed E-state index contributed by atoms with van der Waals surface area (Å²) in [7, 11) is 1.61. The second kappa shape index (κ2) is 10.5. The molecule has 2 aromatic rings. The molecule has 27 heavy (non-hydrogen) atoms. The van der Waals surface area contributed by atoms with Gasteiger partial charge in [0.2, 0.25) is 11.8 Å². The van der Waals surface area contributed by atoms with Crippen LogP contribution in [-0.4, -0.2) is 36.3 Å². The summed E-state index contributed by atoms with van der Waals surface area (Å²) in [4.78, 5) is 26.7. The van der Waals surface area contributed by atoms with E-state index in [2.05, 4.69) is 36.5 Å². The maximum atomic E-state index is 12.9. The fourth-order valence-electron chi connectivity index (χ4n) is 3.12. The quantitative estimate of drug-likeness (QED) is 0.740. The highest BCUT2D eigenvalue weighted by molar-refractivity contribution is 5.87. The van der Waals surface area contributed by atoms with Crippen molar-refractivity contribution in [3.8, 4) is 0 Å². The highest BCUT2D eigenvalue weighted by atomic mass is 16.2. The van der Waals surface area contributed by atoms with Crippen molar-refractivity contribution < 1.29 is 9.59 Å². The number of hydrogen-bond acceptors (Lipinski definition) is 2. The normalized spacial score (nSPS) is 11.7. The van der Waals surface area contributed by atoms with Crippen LogP contribution in [0.15, 0.2) is 54.6 Å². The van der Waals surface area contributed by atoms with E-state index in [1.165, 1.54) is 5.56 Å². The lowest BCUT2D eigenvalue weighted by molar-refractivity contribution is -0.139. The van der Waals surface area contributed by atoms with E-state index in [-0.39, 0.29) is 11.8 Å². The monoisotopic (exact) mass is 366 g/mol. The Bertz CT molecular complexity index is 726. The number of likely N-dealkylation sites (N-methyl/N-ethyl adjacent to an activating group) is 1. The second-order valence-corrected chi connectivity index (χ2v) is 6.78. The first-order chi connectivity index (χ1) is 13.0. The first kappa shape index (κ1) is 20.7. The van der Waals surface area contributed by atoms with Gasteiger partial charge in [-0.2, -0.15) is 0 Å². The summed E-state index contributed by atoms with van der Waals surface area (Å²) in [6.07, 6.45) is 2.84. The lowest BCUT2D eigenvalue weighted by Crippen LogP contribution is -2.48. The van der Waals surface area contributed by atoms with Crippen molar-refractivity contribution in [2.75, 3.05) is 13.6 Å². The van der Waals surface area contributed by atoms with Crippen LogP contribution in [0.4, 0.5) is 0 Å². The minimum absolute atomic E-state index is 0.0154.